The van der Waals surface area contributed by atoms with Crippen LogP contribution in [0, 0.1) is 0 Å². The summed E-state index contributed by atoms with van der Waals surface area (Å²) < 4.78 is 5.20. The number of anilines is 2. The van der Waals surface area contributed by atoms with Gasteiger partial charge in [-0.3, -0.25) is 4.79 Å². The summed E-state index contributed by atoms with van der Waals surface area (Å²) >= 11 is 0. The van der Waals surface area contributed by atoms with Crippen molar-refractivity contribution in [3.05, 3.63) is 6.20 Å². The minimum Gasteiger partial charge on any atom is -0.481 e. The molecule has 0 saturated heterocycles. The van der Waals surface area contributed by atoms with E-state index in [1.54, 1.807) is 7.05 Å². The quantitative estimate of drug-likeness (QED) is 0.773. The number of hydrogen-bond donors (Lipinski definition) is 2. The monoisotopic (exact) mass is 308 g/mol. The fourth-order valence-corrected chi connectivity index (χ4v) is 2.63. The lowest BCUT2D eigenvalue weighted by molar-refractivity contribution is -0.109. The van der Waals surface area contributed by atoms with E-state index in [1.165, 1.54) is 11.1 Å². The lowest BCUT2D eigenvalue weighted by atomic mass is 9.94. The van der Waals surface area contributed by atoms with Crippen molar-refractivity contribution in [2.45, 2.75) is 38.1 Å². The van der Waals surface area contributed by atoms with Gasteiger partial charge in [-0.25, -0.2) is 14.7 Å². The molecule has 0 spiro atoms. The maximum absolute atomic E-state index is 11.6. The van der Waals surface area contributed by atoms with E-state index in [9.17, 15) is 14.7 Å². The molecule has 0 radical (unpaired) electrons. The van der Waals surface area contributed by atoms with Crippen LogP contribution in [0.3, 0.4) is 0 Å². The molecule has 1 fully saturated rings. The molecule has 1 heterocycles. The van der Waals surface area contributed by atoms with Crippen LogP contribution in [0.25, 0.3) is 0 Å². The molecule has 1 aromatic heterocycles. The topological polar surface area (TPSA) is 105 Å². The normalized spacial score (nSPS) is 15.1. The van der Waals surface area contributed by atoms with Crippen molar-refractivity contribution in [3.8, 4) is 5.75 Å². The van der Waals surface area contributed by atoms with Crippen LogP contribution in [-0.4, -0.2) is 47.2 Å². The second-order valence-electron chi connectivity index (χ2n) is 5.05. The van der Waals surface area contributed by atoms with Gasteiger partial charge in [0.05, 0.1) is 6.20 Å². The van der Waals surface area contributed by atoms with Crippen LogP contribution in [-0.2, 0) is 4.79 Å². The summed E-state index contributed by atoms with van der Waals surface area (Å²) in [4.78, 5) is 31.5. The highest BCUT2D eigenvalue weighted by Crippen LogP contribution is 2.28. The third kappa shape index (κ3) is 3.63. The predicted molar refractivity (Wildman–Crippen MR) is 80.5 cm³/mol. The van der Waals surface area contributed by atoms with Gasteiger partial charge < -0.3 is 15.2 Å². The first-order valence-corrected chi connectivity index (χ1v) is 7.30. The van der Waals surface area contributed by atoms with E-state index < -0.39 is 6.09 Å². The Morgan fingerprint density at radius 1 is 1.50 bits per heavy atom. The van der Waals surface area contributed by atoms with Crippen LogP contribution in [0.15, 0.2) is 6.20 Å². The Morgan fingerprint density at radius 3 is 2.82 bits per heavy atom. The SMILES string of the molecule is CNc1nc(N(C(=O)O)C2CCCCC2)ncc1OCC=O. The first-order valence-electron chi connectivity index (χ1n) is 7.30. The number of carboxylic acid groups (broad SMARTS) is 1. The lowest BCUT2D eigenvalue weighted by Crippen LogP contribution is -2.42. The van der Waals surface area contributed by atoms with Crippen molar-refractivity contribution in [2.75, 3.05) is 23.9 Å². The second-order valence-corrected chi connectivity index (χ2v) is 5.05. The maximum Gasteiger partial charge on any atom is 0.414 e. The van der Waals surface area contributed by atoms with Crippen molar-refractivity contribution in [1.29, 1.82) is 0 Å². The molecule has 8 nitrogen and oxygen atoms in total. The maximum atomic E-state index is 11.6. The highest BCUT2D eigenvalue weighted by atomic mass is 16.5. The molecule has 1 aliphatic rings. The van der Waals surface area contributed by atoms with Gasteiger partial charge in [-0.2, -0.15) is 4.98 Å². The zero-order chi connectivity index (χ0) is 15.9. The minimum absolute atomic E-state index is 0.0994. The molecule has 0 aromatic carbocycles. The number of hydrogen-bond acceptors (Lipinski definition) is 6. The van der Waals surface area contributed by atoms with Crippen LogP contribution >= 0.6 is 0 Å². The zero-order valence-electron chi connectivity index (χ0n) is 12.5. The van der Waals surface area contributed by atoms with Gasteiger partial charge in [0, 0.05) is 13.1 Å². The molecule has 1 aromatic rings. The molecule has 120 valence electrons. The van der Waals surface area contributed by atoms with E-state index in [0.717, 1.165) is 32.1 Å². The molecule has 1 saturated carbocycles. The van der Waals surface area contributed by atoms with Crippen LogP contribution in [0.2, 0.25) is 0 Å². The Balaban J connectivity index is 2.27. The van der Waals surface area contributed by atoms with E-state index in [2.05, 4.69) is 15.3 Å². The summed E-state index contributed by atoms with van der Waals surface area (Å²) in [5.74, 6) is 0.795. The summed E-state index contributed by atoms with van der Waals surface area (Å²) in [5.41, 5.74) is 0. The Labute approximate surface area is 128 Å². The van der Waals surface area contributed by atoms with Crippen molar-refractivity contribution < 1.29 is 19.4 Å². The molecule has 2 rings (SSSR count). The van der Waals surface area contributed by atoms with Gasteiger partial charge in [-0.1, -0.05) is 19.3 Å². The number of carbonyl (C=O) groups is 2. The summed E-state index contributed by atoms with van der Waals surface area (Å²) in [5, 5.41) is 12.3. The van der Waals surface area contributed by atoms with Gasteiger partial charge in [0.1, 0.15) is 6.61 Å². The third-order valence-corrected chi connectivity index (χ3v) is 3.65. The number of nitrogens with zero attached hydrogens (tertiary/aromatic N) is 3. The largest absolute Gasteiger partial charge is 0.481 e. The van der Waals surface area contributed by atoms with E-state index in [-0.39, 0.29) is 18.6 Å². The van der Waals surface area contributed by atoms with Crippen molar-refractivity contribution in [1.82, 2.24) is 9.97 Å². The first-order chi connectivity index (χ1) is 10.7. The predicted octanol–water partition coefficient (Wildman–Crippen LogP) is 1.91. The smallest absolute Gasteiger partial charge is 0.414 e. The van der Waals surface area contributed by atoms with Gasteiger partial charge in [-0.15, -0.1) is 0 Å². The van der Waals surface area contributed by atoms with E-state index >= 15 is 0 Å². The van der Waals surface area contributed by atoms with Crippen LogP contribution in [0.1, 0.15) is 32.1 Å². The summed E-state index contributed by atoms with van der Waals surface area (Å²) in [6.45, 7) is -0.108. The number of amides is 1. The molecule has 0 atom stereocenters. The standard InChI is InChI=1S/C14H20N4O4/c1-15-12-11(22-8-7-19)9-16-13(17-12)18(14(20)21)10-5-3-2-4-6-10/h7,9-10H,2-6,8H2,1H3,(H,20,21)(H,15,16,17). The fraction of sp³-hybridized carbons (Fsp3) is 0.571. The Bertz CT molecular complexity index is 532. The number of carbonyl (C=O) groups excluding carboxylic acids is 1. The summed E-state index contributed by atoms with van der Waals surface area (Å²) in [7, 11) is 1.64. The number of ether oxygens (including phenoxy) is 1. The molecular formula is C14H20N4O4. The van der Waals surface area contributed by atoms with Crippen LogP contribution < -0.4 is 15.0 Å². The molecule has 22 heavy (non-hydrogen) atoms. The molecular weight excluding hydrogens is 288 g/mol. The Hall–Kier alpha value is -2.38. The highest BCUT2D eigenvalue weighted by molar-refractivity contribution is 5.84. The number of aldehydes is 1. The van der Waals surface area contributed by atoms with Gasteiger partial charge in [0.25, 0.3) is 0 Å². The second kappa shape index (κ2) is 7.58. The van der Waals surface area contributed by atoms with Gasteiger partial charge in [-0.05, 0) is 12.8 Å². The third-order valence-electron chi connectivity index (χ3n) is 3.65. The van der Waals surface area contributed by atoms with Crippen molar-refractivity contribution >= 4 is 24.1 Å². The van der Waals surface area contributed by atoms with Crippen LogP contribution in [0.4, 0.5) is 16.6 Å². The van der Waals surface area contributed by atoms with Gasteiger partial charge in [0.15, 0.2) is 17.9 Å². The molecule has 0 bridgehead atoms. The molecule has 1 aliphatic carbocycles. The molecule has 1 amide bonds. The Morgan fingerprint density at radius 2 is 2.23 bits per heavy atom. The molecule has 8 heteroatoms. The van der Waals surface area contributed by atoms with E-state index in [1.807, 2.05) is 0 Å². The lowest BCUT2D eigenvalue weighted by Gasteiger charge is -2.30. The molecule has 0 aliphatic heterocycles. The number of nitrogens with one attached hydrogen (secondary N) is 1. The van der Waals surface area contributed by atoms with E-state index in [0.29, 0.717) is 17.9 Å². The number of rotatable bonds is 6. The molecule has 2 N–H and O–H groups in total. The fourth-order valence-electron chi connectivity index (χ4n) is 2.63. The summed E-state index contributed by atoms with van der Waals surface area (Å²) in [6, 6.07) is -0.0994. The molecule has 0 unspecified atom stereocenters. The van der Waals surface area contributed by atoms with Crippen molar-refractivity contribution in [3.63, 3.8) is 0 Å². The Kier molecular flexibility index (Phi) is 5.51. The van der Waals surface area contributed by atoms with Crippen LogP contribution in [0.5, 0.6) is 5.75 Å². The first kappa shape index (κ1) is 16.0. The average molecular weight is 308 g/mol. The summed E-state index contributed by atoms with van der Waals surface area (Å²) in [6.07, 6.45) is 5.72. The van der Waals surface area contributed by atoms with Crippen molar-refractivity contribution in [2.24, 2.45) is 0 Å². The zero-order valence-corrected chi connectivity index (χ0v) is 12.5. The van der Waals surface area contributed by atoms with E-state index in [4.69, 9.17) is 4.74 Å². The number of aromatic nitrogens is 2. The highest BCUT2D eigenvalue weighted by Gasteiger charge is 2.29. The average Bonchev–Trinajstić information content (AvgIpc) is 2.54. The minimum atomic E-state index is -1.06. The van der Waals surface area contributed by atoms with Gasteiger partial charge >= 0.3 is 6.09 Å². The van der Waals surface area contributed by atoms with Gasteiger partial charge in [0.2, 0.25) is 5.95 Å².